The average Bonchev–Trinajstić information content (AvgIpc) is 2.75. The predicted molar refractivity (Wildman–Crippen MR) is 79.6 cm³/mol. The van der Waals surface area contributed by atoms with Crippen molar-refractivity contribution in [3.05, 3.63) is 34.1 Å². The highest BCUT2D eigenvalue weighted by atomic mass is 79.9. The lowest BCUT2D eigenvalue weighted by atomic mass is 10.2. The van der Waals surface area contributed by atoms with E-state index in [0.717, 1.165) is 12.1 Å². The Kier molecular flexibility index (Phi) is 5.17. The van der Waals surface area contributed by atoms with Crippen LogP contribution in [0, 0.1) is 5.82 Å². The van der Waals surface area contributed by atoms with Gasteiger partial charge in [0.2, 0.25) is 0 Å². The monoisotopic (exact) mass is 393 g/mol. The van der Waals surface area contributed by atoms with Gasteiger partial charge in [0.05, 0.1) is 17.1 Å². The fraction of sp³-hybridized carbons (Fsp3) is 0.385. The van der Waals surface area contributed by atoms with Gasteiger partial charge in [-0.2, -0.15) is 0 Å². The second-order valence-electron chi connectivity index (χ2n) is 4.87. The molecule has 1 aliphatic heterocycles. The Bertz CT molecular complexity index is 706. The first-order valence-electron chi connectivity index (χ1n) is 6.39. The predicted octanol–water partition coefficient (Wildman–Crippen LogP) is 1.05. The van der Waals surface area contributed by atoms with Gasteiger partial charge in [0.15, 0.2) is 16.4 Å². The van der Waals surface area contributed by atoms with Crippen LogP contribution in [0.3, 0.4) is 0 Å². The first-order valence-corrected chi connectivity index (χ1v) is 9.00. The summed E-state index contributed by atoms with van der Waals surface area (Å²) in [5.41, 5.74) is 0.0950. The Balaban J connectivity index is 1.84. The van der Waals surface area contributed by atoms with E-state index in [1.165, 1.54) is 6.07 Å². The van der Waals surface area contributed by atoms with Gasteiger partial charge in [-0.05, 0) is 40.5 Å². The number of benzene rings is 1. The van der Waals surface area contributed by atoms with Gasteiger partial charge in [-0.1, -0.05) is 0 Å². The largest absolute Gasteiger partial charge is 0.452 e. The van der Waals surface area contributed by atoms with E-state index in [1.54, 1.807) is 0 Å². The highest BCUT2D eigenvalue weighted by Crippen LogP contribution is 2.19. The van der Waals surface area contributed by atoms with Crippen molar-refractivity contribution < 1.29 is 27.1 Å². The van der Waals surface area contributed by atoms with Gasteiger partial charge >= 0.3 is 5.97 Å². The lowest BCUT2D eigenvalue weighted by Crippen LogP contribution is -2.38. The van der Waals surface area contributed by atoms with Gasteiger partial charge in [-0.25, -0.2) is 17.6 Å². The number of rotatable bonds is 4. The summed E-state index contributed by atoms with van der Waals surface area (Å²) in [5, 5.41) is 2.50. The molecular formula is C13H13BrFNO5S. The van der Waals surface area contributed by atoms with E-state index >= 15 is 0 Å². The quantitative estimate of drug-likeness (QED) is 0.772. The molecule has 0 bridgehead atoms. The maximum absolute atomic E-state index is 12.9. The number of carbonyl (C=O) groups excluding carboxylic acids is 2. The van der Waals surface area contributed by atoms with E-state index in [4.69, 9.17) is 4.74 Å². The molecule has 2 rings (SSSR count). The van der Waals surface area contributed by atoms with Crippen molar-refractivity contribution in [2.45, 2.75) is 12.5 Å². The van der Waals surface area contributed by atoms with Crippen LogP contribution in [-0.4, -0.2) is 44.4 Å². The smallest absolute Gasteiger partial charge is 0.339 e. The third kappa shape index (κ3) is 4.51. The average molecular weight is 394 g/mol. The Hall–Kier alpha value is -1.48. The Morgan fingerprint density at radius 2 is 2.14 bits per heavy atom. The normalized spacial score (nSPS) is 19.6. The first-order chi connectivity index (χ1) is 10.3. The summed E-state index contributed by atoms with van der Waals surface area (Å²) < 4.78 is 40.5. The van der Waals surface area contributed by atoms with E-state index < -0.39 is 40.2 Å². The van der Waals surface area contributed by atoms with Crippen molar-refractivity contribution in [1.82, 2.24) is 5.32 Å². The Labute approximate surface area is 135 Å². The number of carbonyl (C=O) groups is 2. The Morgan fingerprint density at radius 1 is 1.41 bits per heavy atom. The number of hydrogen-bond donors (Lipinski definition) is 1. The van der Waals surface area contributed by atoms with E-state index in [-0.39, 0.29) is 21.5 Å². The molecule has 1 aromatic rings. The molecule has 0 saturated carbocycles. The van der Waals surface area contributed by atoms with Gasteiger partial charge in [0, 0.05) is 10.5 Å². The van der Waals surface area contributed by atoms with Gasteiger partial charge in [-0.15, -0.1) is 0 Å². The van der Waals surface area contributed by atoms with E-state index in [2.05, 4.69) is 21.2 Å². The highest BCUT2D eigenvalue weighted by molar-refractivity contribution is 9.10. The summed E-state index contributed by atoms with van der Waals surface area (Å²) in [4.78, 5) is 23.4. The summed E-state index contributed by atoms with van der Waals surface area (Å²) >= 11 is 3.03. The van der Waals surface area contributed by atoms with Crippen LogP contribution in [0.5, 0.6) is 0 Å². The van der Waals surface area contributed by atoms with Crippen molar-refractivity contribution >= 4 is 37.6 Å². The van der Waals surface area contributed by atoms with Gasteiger partial charge in [0.25, 0.3) is 5.91 Å². The van der Waals surface area contributed by atoms with Crippen LogP contribution in [0.4, 0.5) is 4.39 Å². The van der Waals surface area contributed by atoms with Crippen LogP contribution in [0.1, 0.15) is 16.8 Å². The van der Waals surface area contributed by atoms with Crippen molar-refractivity contribution in [3.8, 4) is 0 Å². The van der Waals surface area contributed by atoms with Crippen LogP contribution in [0.25, 0.3) is 0 Å². The standard InChI is InChI=1S/C13H13BrFNO5S/c14-11-5-8(15)1-2-10(11)13(18)21-6-12(17)16-9-3-4-22(19,20)7-9/h1-2,5,9H,3-4,6-7H2,(H,16,17)/t9-/m1/s1. The van der Waals surface area contributed by atoms with Crippen molar-refractivity contribution in [1.29, 1.82) is 0 Å². The number of hydrogen-bond acceptors (Lipinski definition) is 5. The number of halogens is 2. The Morgan fingerprint density at radius 3 is 2.73 bits per heavy atom. The molecule has 1 N–H and O–H groups in total. The maximum atomic E-state index is 12.9. The van der Waals surface area contributed by atoms with Gasteiger partial charge in [0.1, 0.15) is 5.82 Å². The zero-order chi connectivity index (χ0) is 16.3. The molecule has 1 heterocycles. The van der Waals surface area contributed by atoms with Gasteiger partial charge in [-0.3, -0.25) is 4.79 Å². The molecule has 120 valence electrons. The lowest BCUT2D eigenvalue weighted by molar-refractivity contribution is -0.124. The molecule has 0 aliphatic carbocycles. The first kappa shape index (κ1) is 16.9. The van der Waals surface area contributed by atoms with E-state index in [0.29, 0.717) is 6.42 Å². The van der Waals surface area contributed by atoms with E-state index in [9.17, 15) is 22.4 Å². The van der Waals surface area contributed by atoms with Crippen LogP contribution in [0.2, 0.25) is 0 Å². The molecule has 1 atom stereocenters. The number of esters is 1. The topological polar surface area (TPSA) is 89.5 Å². The fourth-order valence-corrected chi connectivity index (χ4v) is 4.23. The SMILES string of the molecule is O=C(COC(=O)c1ccc(F)cc1Br)N[C@@H]1CCS(=O)(=O)C1. The molecule has 1 aromatic carbocycles. The molecule has 1 aliphatic rings. The third-order valence-corrected chi connectivity index (χ3v) is 5.51. The molecule has 0 unspecified atom stereocenters. The molecule has 1 amide bonds. The minimum atomic E-state index is -3.09. The third-order valence-electron chi connectivity index (χ3n) is 3.08. The zero-order valence-corrected chi connectivity index (χ0v) is 13.7. The lowest BCUT2D eigenvalue weighted by Gasteiger charge is -2.11. The number of amides is 1. The molecule has 1 fully saturated rings. The summed E-state index contributed by atoms with van der Waals surface area (Å²) in [6.07, 6.45) is 0.353. The fourth-order valence-electron chi connectivity index (χ4n) is 2.04. The molecule has 22 heavy (non-hydrogen) atoms. The second-order valence-corrected chi connectivity index (χ2v) is 7.95. The van der Waals surface area contributed by atoms with Crippen molar-refractivity contribution in [2.24, 2.45) is 0 Å². The molecule has 9 heteroatoms. The highest BCUT2D eigenvalue weighted by Gasteiger charge is 2.29. The molecule has 1 saturated heterocycles. The second kappa shape index (κ2) is 6.74. The minimum absolute atomic E-state index is 0.0419. The molecule has 0 aromatic heterocycles. The van der Waals surface area contributed by atoms with Crippen molar-refractivity contribution in [3.63, 3.8) is 0 Å². The maximum Gasteiger partial charge on any atom is 0.339 e. The number of ether oxygens (including phenoxy) is 1. The van der Waals surface area contributed by atoms with Gasteiger partial charge < -0.3 is 10.1 Å². The van der Waals surface area contributed by atoms with E-state index in [1.807, 2.05) is 0 Å². The van der Waals surface area contributed by atoms with Crippen LogP contribution < -0.4 is 5.32 Å². The minimum Gasteiger partial charge on any atom is -0.452 e. The zero-order valence-electron chi connectivity index (χ0n) is 11.3. The molecule has 0 radical (unpaired) electrons. The summed E-state index contributed by atoms with van der Waals surface area (Å²) in [6, 6.07) is 3.00. The summed E-state index contributed by atoms with van der Waals surface area (Å²) in [6.45, 7) is -0.529. The van der Waals surface area contributed by atoms with Crippen molar-refractivity contribution in [2.75, 3.05) is 18.1 Å². The number of sulfone groups is 1. The van der Waals surface area contributed by atoms with Crippen LogP contribution in [-0.2, 0) is 19.4 Å². The molecule has 6 nitrogen and oxygen atoms in total. The van der Waals surface area contributed by atoms with Crippen LogP contribution in [0.15, 0.2) is 22.7 Å². The molecular weight excluding hydrogens is 381 g/mol. The van der Waals surface area contributed by atoms with Crippen LogP contribution >= 0.6 is 15.9 Å². The molecule has 0 spiro atoms. The summed E-state index contributed by atoms with van der Waals surface area (Å²) in [7, 11) is -3.09. The number of nitrogens with one attached hydrogen (secondary N) is 1. The summed E-state index contributed by atoms with van der Waals surface area (Å²) in [5.74, 6) is -1.92.